The molecule has 1 saturated carbocycles. The van der Waals surface area contributed by atoms with Gasteiger partial charge in [-0.3, -0.25) is 0 Å². The van der Waals surface area contributed by atoms with Crippen LogP contribution in [-0.4, -0.2) is 28.2 Å². The van der Waals surface area contributed by atoms with Gasteiger partial charge in [0.15, 0.2) is 0 Å². The quantitative estimate of drug-likeness (QED) is 0.791. The zero-order valence-electron chi connectivity index (χ0n) is 12.1. The van der Waals surface area contributed by atoms with Crippen molar-refractivity contribution in [2.45, 2.75) is 45.4 Å². The van der Waals surface area contributed by atoms with E-state index in [1.807, 2.05) is 0 Å². The Morgan fingerprint density at radius 2 is 2.05 bits per heavy atom. The van der Waals surface area contributed by atoms with E-state index < -0.39 is 0 Å². The third-order valence-corrected chi connectivity index (χ3v) is 4.25. The summed E-state index contributed by atoms with van der Waals surface area (Å²) in [4.78, 5) is 8.71. The lowest BCUT2D eigenvalue weighted by atomic mass is 9.79. The Labute approximate surface area is 126 Å². The first-order valence-electron chi connectivity index (χ1n) is 7.61. The molecule has 1 aliphatic rings. The van der Waals surface area contributed by atoms with Gasteiger partial charge >= 0.3 is 0 Å². The highest BCUT2D eigenvalue weighted by molar-refractivity contribution is 6.29. The fourth-order valence-corrected chi connectivity index (χ4v) is 3.12. The third-order valence-electron chi connectivity index (χ3n) is 4.06. The second-order valence-electron chi connectivity index (χ2n) is 5.61. The van der Waals surface area contributed by atoms with Crippen LogP contribution < -0.4 is 5.32 Å². The molecule has 2 atom stereocenters. The lowest BCUT2D eigenvalue weighted by molar-refractivity contribution is 0.141. The summed E-state index contributed by atoms with van der Waals surface area (Å²) in [7, 11) is 0. The Bertz CT molecular complexity index is 428. The molecule has 0 spiro atoms. The van der Waals surface area contributed by atoms with Crippen LogP contribution in [-0.2, 0) is 6.42 Å². The van der Waals surface area contributed by atoms with Crippen LogP contribution in [0.1, 0.15) is 44.9 Å². The Balaban J connectivity index is 1.95. The molecule has 1 aromatic heterocycles. The molecule has 2 rings (SSSR count). The van der Waals surface area contributed by atoms with E-state index in [4.69, 9.17) is 11.6 Å². The number of rotatable bonds is 6. The second-order valence-corrected chi connectivity index (χ2v) is 6.00. The molecule has 0 saturated heterocycles. The minimum absolute atomic E-state index is 0.290. The molecule has 112 valence electrons. The van der Waals surface area contributed by atoms with E-state index in [0.717, 1.165) is 37.4 Å². The van der Waals surface area contributed by atoms with E-state index in [9.17, 15) is 5.11 Å². The lowest BCUT2D eigenvalue weighted by Crippen LogP contribution is -2.28. The maximum atomic E-state index is 9.44. The SMILES string of the molecule is CCCc1nc(Cl)cc(NCC2CCCCC2CO)n1. The molecule has 0 bridgehead atoms. The summed E-state index contributed by atoms with van der Waals surface area (Å²) in [5, 5.41) is 13.3. The van der Waals surface area contributed by atoms with Crippen molar-refractivity contribution in [1.82, 2.24) is 9.97 Å². The van der Waals surface area contributed by atoms with Crippen LogP contribution in [0.5, 0.6) is 0 Å². The number of hydrogen-bond acceptors (Lipinski definition) is 4. The van der Waals surface area contributed by atoms with Crippen molar-refractivity contribution in [2.75, 3.05) is 18.5 Å². The normalized spacial score (nSPS) is 22.8. The van der Waals surface area contributed by atoms with Gasteiger partial charge in [-0.2, -0.15) is 0 Å². The smallest absolute Gasteiger partial charge is 0.134 e. The van der Waals surface area contributed by atoms with Gasteiger partial charge in [-0.25, -0.2) is 9.97 Å². The van der Waals surface area contributed by atoms with Gasteiger partial charge in [0, 0.05) is 25.6 Å². The van der Waals surface area contributed by atoms with E-state index in [2.05, 4.69) is 22.2 Å². The molecule has 4 nitrogen and oxygen atoms in total. The monoisotopic (exact) mass is 297 g/mol. The molecule has 1 aliphatic carbocycles. The van der Waals surface area contributed by atoms with Crippen molar-refractivity contribution in [3.8, 4) is 0 Å². The third kappa shape index (κ3) is 4.32. The predicted molar refractivity (Wildman–Crippen MR) is 82.1 cm³/mol. The highest BCUT2D eigenvalue weighted by Crippen LogP contribution is 2.29. The van der Waals surface area contributed by atoms with E-state index in [0.29, 0.717) is 17.0 Å². The lowest BCUT2D eigenvalue weighted by Gasteiger charge is -2.30. The topological polar surface area (TPSA) is 58.0 Å². The number of aliphatic hydroxyl groups excluding tert-OH is 1. The van der Waals surface area contributed by atoms with E-state index in [1.54, 1.807) is 6.07 Å². The zero-order valence-corrected chi connectivity index (χ0v) is 12.9. The number of aliphatic hydroxyl groups is 1. The van der Waals surface area contributed by atoms with Crippen molar-refractivity contribution < 1.29 is 5.11 Å². The van der Waals surface area contributed by atoms with Crippen LogP contribution in [0.25, 0.3) is 0 Å². The molecule has 0 aliphatic heterocycles. The number of aromatic nitrogens is 2. The van der Waals surface area contributed by atoms with Gasteiger partial charge in [-0.15, -0.1) is 0 Å². The fraction of sp³-hybridized carbons (Fsp3) is 0.733. The number of hydrogen-bond donors (Lipinski definition) is 2. The van der Waals surface area contributed by atoms with Crippen LogP contribution in [0.15, 0.2) is 6.07 Å². The van der Waals surface area contributed by atoms with E-state index in [1.165, 1.54) is 19.3 Å². The van der Waals surface area contributed by atoms with Gasteiger partial charge < -0.3 is 10.4 Å². The first kappa shape index (κ1) is 15.5. The number of anilines is 1. The van der Waals surface area contributed by atoms with Crippen LogP contribution in [0.2, 0.25) is 5.15 Å². The second kappa shape index (κ2) is 7.79. The Hall–Kier alpha value is -0.870. The number of aryl methyl sites for hydroxylation is 1. The van der Waals surface area contributed by atoms with Crippen LogP contribution in [0.3, 0.4) is 0 Å². The van der Waals surface area contributed by atoms with Gasteiger partial charge in [0.1, 0.15) is 16.8 Å². The van der Waals surface area contributed by atoms with Crippen molar-refractivity contribution in [2.24, 2.45) is 11.8 Å². The summed E-state index contributed by atoms with van der Waals surface area (Å²) in [6.45, 7) is 3.24. The Morgan fingerprint density at radius 1 is 1.30 bits per heavy atom. The largest absolute Gasteiger partial charge is 0.396 e. The van der Waals surface area contributed by atoms with Crippen molar-refractivity contribution >= 4 is 17.4 Å². The zero-order chi connectivity index (χ0) is 14.4. The molecule has 0 radical (unpaired) electrons. The summed E-state index contributed by atoms with van der Waals surface area (Å²) in [6.07, 6.45) is 6.66. The minimum atomic E-state index is 0.290. The van der Waals surface area contributed by atoms with Crippen molar-refractivity contribution in [3.63, 3.8) is 0 Å². The standard InChI is InChI=1S/C15H24ClN3O/c1-2-5-14-18-13(16)8-15(19-14)17-9-11-6-3-4-7-12(11)10-20/h8,11-12,20H,2-7,9-10H2,1H3,(H,17,18,19). The highest BCUT2D eigenvalue weighted by Gasteiger charge is 2.24. The van der Waals surface area contributed by atoms with Gasteiger partial charge in [-0.1, -0.05) is 31.4 Å². The molecule has 2 N–H and O–H groups in total. The molecule has 20 heavy (non-hydrogen) atoms. The summed E-state index contributed by atoms with van der Waals surface area (Å²) in [5.74, 6) is 2.54. The molecule has 1 heterocycles. The van der Waals surface area contributed by atoms with Gasteiger partial charge in [0.25, 0.3) is 0 Å². The fourth-order valence-electron chi connectivity index (χ4n) is 2.92. The number of halogens is 1. The average Bonchev–Trinajstić information content (AvgIpc) is 2.45. The maximum absolute atomic E-state index is 9.44. The Kier molecular flexibility index (Phi) is 6.05. The Morgan fingerprint density at radius 3 is 2.75 bits per heavy atom. The van der Waals surface area contributed by atoms with E-state index in [-0.39, 0.29) is 6.61 Å². The molecule has 1 fully saturated rings. The van der Waals surface area contributed by atoms with E-state index >= 15 is 0 Å². The summed E-state index contributed by atoms with van der Waals surface area (Å²) < 4.78 is 0. The highest BCUT2D eigenvalue weighted by atomic mass is 35.5. The van der Waals surface area contributed by atoms with Gasteiger partial charge in [-0.05, 0) is 31.1 Å². The average molecular weight is 298 g/mol. The van der Waals surface area contributed by atoms with Crippen LogP contribution in [0.4, 0.5) is 5.82 Å². The molecular formula is C15H24ClN3O. The first-order chi connectivity index (χ1) is 9.72. The summed E-state index contributed by atoms with van der Waals surface area (Å²) >= 11 is 6.03. The van der Waals surface area contributed by atoms with Crippen molar-refractivity contribution in [3.05, 3.63) is 17.0 Å². The van der Waals surface area contributed by atoms with Gasteiger partial charge in [0.2, 0.25) is 0 Å². The van der Waals surface area contributed by atoms with Crippen LogP contribution >= 0.6 is 11.6 Å². The van der Waals surface area contributed by atoms with Crippen molar-refractivity contribution in [1.29, 1.82) is 0 Å². The molecule has 0 aromatic carbocycles. The predicted octanol–water partition coefficient (Wildman–Crippen LogP) is 3.29. The molecule has 2 unspecified atom stereocenters. The maximum Gasteiger partial charge on any atom is 0.134 e. The number of nitrogens with zero attached hydrogens (tertiary/aromatic N) is 2. The minimum Gasteiger partial charge on any atom is -0.396 e. The molecule has 5 heteroatoms. The molecule has 1 aromatic rings. The van der Waals surface area contributed by atoms with Gasteiger partial charge in [0.05, 0.1) is 0 Å². The summed E-state index contributed by atoms with van der Waals surface area (Å²) in [5.41, 5.74) is 0. The molecule has 0 amide bonds. The first-order valence-corrected chi connectivity index (χ1v) is 7.99. The molecular weight excluding hydrogens is 274 g/mol. The summed E-state index contributed by atoms with van der Waals surface area (Å²) in [6, 6.07) is 1.78. The number of nitrogens with one attached hydrogen (secondary N) is 1. The van der Waals surface area contributed by atoms with Crippen LogP contribution in [0, 0.1) is 11.8 Å².